The van der Waals surface area contributed by atoms with E-state index in [2.05, 4.69) is 32.8 Å². The topological polar surface area (TPSA) is 45.8 Å². The van der Waals surface area contributed by atoms with Gasteiger partial charge in [-0.25, -0.2) is 4.98 Å². The fraction of sp³-hybridized carbons (Fsp3) is 0.231. The fourth-order valence-electron chi connectivity index (χ4n) is 1.70. The van der Waals surface area contributed by atoms with Gasteiger partial charge in [0.25, 0.3) is 5.56 Å². The van der Waals surface area contributed by atoms with Gasteiger partial charge in [-0.15, -0.1) is 0 Å². The number of nitrogens with one attached hydrogen (secondary N) is 1. The van der Waals surface area contributed by atoms with Gasteiger partial charge in [0, 0.05) is 26.8 Å². The molecule has 0 unspecified atom stereocenters. The minimum atomic E-state index is -0.143. The van der Waals surface area contributed by atoms with Crippen LogP contribution >= 0.6 is 27.5 Å². The summed E-state index contributed by atoms with van der Waals surface area (Å²) < 4.78 is 0.851. The molecule has 0 radical (unpaired) electrons. The zero-order chi connectivity index (χ0) is 13.1. The molecule has 0 spiro atoms. The van der Waals surface area contributed by atoms with Crippen molar-refractivity contribution in [1.82, 2.24) is 9.97 Å². The Kier molecular flexibility index (Phi) is 4.19. The summed E-state index contributed by atoms with van der Waals surface area (Å²) in [7, 11) is 0. The molecule has 0 bridgehead atoms. The summed E-state index contributed by atoms with van der Waals surface area (Å²) in [5, 5.41) is 0.608. The van der Waals surface area contributed by atoms with Gasteiger partial charge in [-0.1, -0.05) is 40.9 Å². The largest absolute Gasteiger partial charge is 0.306 e. The molecule has 1 aromatic carbocycles. The number of H-pyrrole nitrogens is 1. The van der Waals surface area contributed by atoms with Crippen molar-refractivity contribution in [3.63, 3.8) is 0 Å². The number of halogens is 2. The molecular weight excluding hydrogens is 316 g/mol. The van der Waals surface area contributed by atoms with Crippen LogP contribution in [0.5, 0.6) is 0 Å². The maximum atomic E-state index is 11.6. The lowest BCUT2D eigenvalue weighted by Crippen LogP contribution is -2.10. The van der Waals surface area contributed by atoms with Crippen LogP contribution in [0.2, 0.25) is 5.02 Å². The van der Waals surface area contributed by atoms with E-state index < -0.39 is 0 Å². The predicted octanol–water partition coefficient (Wildman–Crippen LogP) is 3.81. The molecule has 0 saturated heterocycles. The summed E-state index contributed by atoms with van der Waals surface area (Å²) in [6, 6.07) is 6.93. The third-order valence-electron chi connectivity index (χ3n) is 2.48. The first-order valence-corrected chi connectivity index (χ1v) is 6.83. The third-order valence-corrected chi connectivity index (χ3v) is 3.41. The lowest BCUT2D eigenvalue weighted by molar-refractivity contribution is 0.869. The number of hydrogen-bond acceptors (Lipinski definition) is 2. The molecule has 0 aliphatic rings. The van der Waals surface area contributed by atoms with Crippen LogP contribution in [0.1, 0.15) is 19.0 Å². The minimum absolute atomic E-state index is 0.143. The quantitative estimate of drug-likeness (QED) is 0.932. The van der Waals surface area contributed by atoms with Gasteiger partial charge in [0.15, 0.2) is 0 Å². The van der Waals surface area contributed by atoms with E-state index in [9.17, 15) is 4.79 Å². The highest BCUT2D eigenvalue weighted by molar-refractivity contribution is 9.10. The Morgan fingerprint density at radius 1 is 1.39 bits per heavy atom. The first-order valence-electron chi connectivity index (χ1n) is 5.66. The Morgan fingerprint density at radius 3 is 2.89 bits per heavy atom. The Labute approximate surface area is 118 Å². The summed E-state index contributed by atoms with van der Waals surface area (Å²) >= 11 is 9.40. The second-order valence-corrected chi connectivity index (χ2v) is 5.25. The van der Waals surface area contributed by atoms with Crippen molar-refractivity contribution in [2.45, 2.75) is 19.8 Å². The Bertz CT molecular complexity index is 625. The summed E-state index contributed by atoms with van der Waals surface area (Å²) in [5.74, 6) is 0.542. The molecule has 2 rings (SSSR count). The highest BCUT2D eigenvalue weighted by Gasteiger charge is 2.08. The standard InChI is InChI=1S/C13H12BrClN2O/c1-2-3-9-7-12(18)17-13(16-9)10-6-8(15)4-5-11(10)14/h4-7H,2-3H2,1H3,(H,16,17,18). The Morgan fingerprint density at radius 2 is 2.17 bits per heavy atom. The van der Waals surface area contributed by atoms with Crippen LogP contribution in [0.4, 0.5) is 0 Å². The van der Waals surface area contributed by atoms with Crippen LogP contribution in [-0.4, -0.2) is 9.97 Å². The van der Waals surface area contributed by atoms with Crippen molar-refractivity contribution in [3.8, 4) is 11.4 Å². The molecule has 1 heterocycles. The van der Waals surface area contributed by atoms with E-state index in [1.165, 1.54) is 6.07 Å². The smallest absolute Gasteiger partial charge is 0.251 e. The lowest BCUT2D eigenvalue weighted by atomic mass is 10.2. The average Bonchev–Trinajstić information content (AvgIpc) is 2.32. The first-order chi connectivity index (χ1) is 8.60. The Hall–Kier alpha value is -1.13. The maximum absolute atomic E-state index is 11.6. The molecule has 94 valence electrons. The number of rotatable bonds is 3. The molecule has 0 atom stereocenters. The van der Waals surface area contributed by atoms with E-state index in [1.807, 2.05) is 6.07 Å². The van der Waals surface area contributed by atoms with Gasteiger partial charge in [0.1, 0.15) is 5.82 Å². The lowest BCUT2D eigenvalue weighted by Gasteiger charge is -2.06. The third kappa shape index (κ3) is 3.00. The van der Waals surface area contributed by atoms with Gasteiger partial charge in [-0.2, -0.15) is 0 Å². The van der Waals surface area contributed by atoms with E-state index >= 15 is 0 Å². The molecule has 2 aromatic rings. The van der Waals surface area contributed by atoms with E-state index in [0.717, 1.165) is 28.6 Å². The van der Waals surface area contributed by atoms with Crippen LogP contribution in [0, 0.1) is 0 Å². The molecule has 5 heteroatoms. The molecule has 0 fully saturated rings. The fourth-order valence-corrected chi connectivity index (χ4v) is 2.31. The molecule has 3 nitrogen and oxygen atoms in total. The van der Waals surface area contributed by atoms with Crippen LogP contribution in [0.15, 0.2) is 33.5 Å². The second-order valence-electron chi connectivity index (χ2n) is 3.96. The summed E-state index contributed by atoms with van der Waals surface area (Å²) in [5.41, 5.74) is 1.44. The van der Waals surface area contributed by atoms with Gasteiger partial charge in [-0.3, -0.25) is 4.79 Å². The molecule has 1 N–H and O–H groups in total. The molecule has 1 aromatic heterocycles. The molecule has 0 aliphatic heterocycles. The highest BCUT2D eigenvalue weighted by atomic mass is 79.9. The second kappa shape index (κ2) is 5.67. The van der Waals surface area contributed by atoms with E-state index in [-0.39, 0.29) is 5.56 Å². The van der Waals surface area contributed by atoms with Gasteiger partial charge in [0.05, 0.1) is 0 Å². The molecule has 0 amide bonds. The van der Waals surface area contributed by atoms with Gasteiger partial charge in [-0.05, 0) is 24.6 Å². The number of aromatic amines is 1. The SMILES string of the molecule is CCCc1cc(=O)[nH]c(-c2cc(Cl)ccc2Br)n1. The Balaban J connectivity index is 2.56. The highest BCUT2D eigenvalue weighted by Crippen LogP contribution is 2.28. The normalized spacial score (nSPS) is 10.6. The van der Waals surface area contributed by atoms with Crippen molar-refractivity contribution in [3.05, 3.63) is 49.8 Å². The van der Waals surface area contributed by atoms with Crippen molar-refractivity contribution in [2.75, 3.05) is 0 Å². The zero-order valence-electron chi connectivity index (χ0n) is 9.84. The molecular formula is C13H12BrClN2O. The summed E-state index contributed by atoms with van der Waals surface area (Å²) in [6.45, 7) is 2.05. The maximum Gasteiger partial charge on any atom is 0.251 e. The minimum Gasteiger partial charge on any atom is -0.306 e. The number of hydrogen-bond donors (Lipinski definition) is 1. The summed E-state index contributed by atoms with van der Waals surface area (Å²) in [6.07, 6.45) is 1.74. The van der Waals surface area contributed by atoms with Crippen molar-refractivity contribution in [1.29, 1.82) is 0 Å². The van der Waals surface area contributed by atoms with Crippen LogP contribution in [0.3, 0.4) is 0 Å². The van der Waals surface area contributed by atoms with Crippen LogP contribution in [-0.2, 0) is 6.42 Å². The van der Waals surface area contributed by atoms with Crippen LogP contribution in [0.25, 0.3) is 11.4 Å². The summed E-state index contributed by atoms with van der Waals surface area (Å²) in [4.78, 5) is 18.8. The van der Waals surface area contributed by atoms with Gasteiger partial charge in [0.2, 0.25) is 0 Å². The van der Waals surface area contributed by atoms with Crippen LogP contribution < -0.4 is 5.56 Å². The van der Waals surface area contributed by atoms with E-state index in [0.29, 0.717) is 10.8 Å². The monoisotopic (exact) mass is 326 g/mol. The number of benzene rings is 1. The zero-order valence-corrected chi connectivity index (χ0v) is 12.2. The molecule has 0 saturated carbocycles. The van der Waals surface area contributed by atoms with Crippen molar-refractivity contribution in [2.24, 2.45) is 0 Å². The first kappa shape index (κ1) is 13.3. The predicted molar refractivity (Wildman–Crippen MR) is 77.0 cm³/mol. The van der Waals surface area contributed by atoms with Crippen molar-refractivity contribution >= 4 is 27.5 Å². The molecule has 18 heavy (non-hydrogen) atoms. The average molecular weight is 328 g/mol. The van der Waals surface area contributed by atoms with Gasteiger partial charge >= 0.3 is 0 Å². The number of nitrogens with zero attached hydrogens (tertiary/aromatic N) is 1. The van der Waals surface area contributed by atoms with E-state index in [1.54, 1.807) is 12.1 Å². The van der Waals surface area contributed by atoms with Gasteiger partial charge < -0.3 is 4.98 Å². The van der Waals surface area contributed by atoms with E-state index in [4.69, 9.17) is 11.6 Å². The number of aromatic nitrogens is 2. The molecule has 0 aliphatic carbocycles. The number of aryl methyl sites for hydroxylation is 1. The van der Waals surface area contributed by atoms with Crippen molar-refractivity contribution < 1.29 is 0 Å².